The van der Waals surface area contributed by atoms with Gasteiger partial charge in [-0.15, -0.1) is 0 Å². The number of hydrogen-bond donors (Lipinski definition) is 1. The lowest BCUT2D eigenvalue weighted by Crippen LogP contribution is -2.41. The third-order valence-corrected chi connectivity index (χ3v) is 4.27. The first-order valence-electron chi connectivity index (χ1n) is 6.07. The topological polar surface area (TPSA) is 32.3 Å². The van der Waals surface area contributed by atoms with Gasteiger partial charge in [0.05, 0.1) is 5.69 Å². The maximum Gasteiger partial charge on any atom is 0.321 e. The molecule has 18 heavy (non-hydrogen) atoms. The zero-order valence-electron chi connectivity index (χ0n) is 10.2. The number of piperidine rings is 1. The highest BCUT2D eigenvalue weighted by molar-refractivity contribution is 9.11. The van der Waals surface area contributed by atoms with Crippen LogP contribution in [0.4, 0.5) is 10.5 Å². The van der Waals surface area contributed by atoms with Crippen molar-refractivity contribution in [3.63, 3.8) is 0 Å². The van der Waals surface area contributed by atoms with Crippen LogP contribution in [0.1, 0.15) is 19.8 Å². The number of anilines is 1. The summed E-state index contributed by atoms with van der Waals surface area (Å²) in [6.07, 6.45) is 2.31. The van der Waals surface area contributed by atoms with Crippen molar-refractivity contribution in [3.05, 3.63) is 27.1 Å². The molecule has 1 saturated heterocycles. The summed E-state index contributed by atoms with van der Waals surface area (Å²) in [6, 6.07) is 5.72. The van der Waals surface area contributed by atoms with Crippen LogP contribution in [0.2, 0.25) is 0 Å². The Hall–Kier alpha value is -0.550. The first kappa shape index (κ1) is 13.9. The van der Waals surface area contributed by atoms with E-state index in [1.807, 2.05) is 23.1 Å². The molecular formula is C13H16Br2N2O. The molecule has 1 atom stereocenters. The van der Waals surface area contributed by atoms with Crippen LogP contribution in [0, 0.1) is 5.92 Å². The summed E-state index contributed by atoms with van der Waals surface area (Å²) in [5, 5.41) is 2.95. The molecule has 1 fully saturated rings. The molecule has 0 aliphatic carbocycles. The second-order valence-electron chi connectivity index (χ2n) is 4.75. The molecule has 1 aliphatic heterocycles. The zero-order valence-corrected chi connectivity index (χ0v) is 13.4. The molecule has 5 heteroatoms. The molecule has 2 amide bonds. The summed E-state index contributed by atoms with van der Waals surface area (Å²) in [5.74, 6) is 0.595. The van der Waals surface area contributed by atoms with Crippen LogP contribution in [-0.2, 0) is 0 Å². The lowest BCUT2D eigenvalue weighted by molar-refractivity contribution is 0.182. The quantitative estimate of drug-likeness (QED) is 0.771. The van der Waals surface area contributed by atoms with Gasteiger partial charge in [0.1, 0.15) is 0 Å². The van der Waals surface area contributed by atoms with Crippen molar-refractivity contribution < 1.29 is 4.79 Å². The van der Waals surface area contributed by atoms with Crippen molar-refractivity contribution in [2.75, 3.05) is 18.4 Å². The highest BCUT2D eigenvalue weighted by Crippen LogP contribution is 2.26. The first-order chi connectivity index (χ1) is 8.56. The minimum atomic E-state index is -0.00966. The maximum atomic E-state index is 12.1. The fourth-order valence-electron chi connectivity index (χ4n) is 2.16. The molecule has 0 radical (unpaired) electrons. The van der Waals surface area contributed by atoms with Crippen LogP contribution < -0.4 is 5.32 Å². The summed E-state index contributed by atoms with van der Waals surface area (Å²) in [5.41, 5.74) is 0.807. The van der Waals surface area contributed by atoms with Crippen molar-refractivity contribution >= 4 is 43.6 Å². The molecular weight excluding hydrogens is 360 g/mol. The molecule has 3 nitrogen and oxygen atoms in total. The average molecular weight is 376 g/mol. The molecule has 1 aromatic rings. The van der Waals surface area contributed by atoms with Gasteiger partial charge in [-0.1, -0.05) is 22.9 Å². The smallest absolute Gasteiger partial charge is 0.321 e. The van der Waals surface area contributed by atoms with Crippen LogP contribution in [0.5, 0.6) is 0 Å². The number of amides is 2. The van der Waals surface area contributed by atoms with Crippen LogP contribution >= 0.6 is 31.9 Å². The van der Waals surface area contributed by atoms with E-state index in [0.29, 0.717) is 5.92 Å². The number of carbonyl (C=O) groups excluding carboxylic acids is 1. The number of benzene rings is 1. The second-order valence-corrected chi connectivity index (χ2v) is 6.52. The van der Waals surface area contributed by atoms with Crippen LogP contribution in [0.3, 0.4) is 0 Å². The number of hydrogen-bond acceptors (Lipinski definition) is 1. The van der Waals surface area contributed by atoms with Gasteiger partial charge >= 0.3 is 6.03 Å². The number of halogens is 2. The molecule has 1 aromatic carbocycles. The normalized spacial score (nSPS) is 19.7. The third-order valence-electron chi connectivity index (χ3n) is 3.12. The van der Waals surface area contributed by atoms with Gasteiger partial charge in [-0.3, -0.25) is 0 Å². The zero-order chi connectivity index (χ0) is 13.1. The standard InChI is InChI=1S/C13H16Br2N2O/c1-9-3-2-6-17(8-9)13(18)16-12-5-4-10(14)7-11(12)15/h4-5,7,9H,2-3,6,8H2,1H3,(H,16,18)/t9-/m0/s1. The van der Waals surface area contributed by atoms with Gasteiger partial charge in [0.25, 0.3) is 0 Å². The molecule has 98 valence electrons. The highest BCUT2D eigenvalue weighted by Gasteiger charge is 2.21. The fourth-order valence-corrected chi connectivity index (χ4v) is 3.31. The Bertz CT molecular complexity index is 451. The number of nitrogens with one attached hydrogen (secondary N) is 1. The predicted octanol–water partition coefficient (Wildman–Crippen LogP) is 4.48. The van der Waals surface area contributed by atoms with Crippen molar-refractivity contribution in [1.82, 2.24) is 4.90 Å². The van der Waals surface area contributed by atoms with E-state index in [0.717, 1.165) is 34.1 Å². The molecule has 1 N–H and O–H groups in total. The van der Waals surface area contributed by atoms with E-state index in [2.05, 4.69) is 44.1 Å². The summed E-state index contributed by atoms with van der Waals surface area (Å²) < 4.78 is 1.87. The minimum Gasteiger partial charge on any atom is -0.324 e. The number of nitrogens with zero attached hydrogens (tertiary/aromatic N) is 1. The molecule has 2 rings (SSSR count). The average Bonchev–Trinajstić information content (AvgIpc) is 2.32. The number of carbonyl (C=O) groups is 1. The summed E-state index contributed by atoms with van der Waals surface area (Å²) in [6.45, 7) is 3.89. The Kier molecular flexibility index (Phi) is 4.67. The number of likely N-dealkylation sites (tertiary alicyclic amines) is 1. The van der Waals surface area contributed by atoms with Gasteiger partial charge in [-0.05, 0) is 52.9 Å². The van der Waals surface area contributed by atoms with Crippen LogP contribution in [0.25, 0.3) is 0 Å². The summed E-state index contributed by atoms with van der Waals surface area (Å²) in [4.78, 5) is 14.0. The van der Waals surface area contributed by atoms with Crippen molar-refractivity contribution in [2.45, 2.75) is 19.8 Å². The molecule has 1 heterocycles. The summed E-state index contributed by atoms with van der Waals surface area (Å²) in [7, 11) is 0. The molecule has 0 spiro atoms. The van der Waals surface area contributed by atoms with Gasteiger partial charge in [-0.25, -0.2) is 4.79 Å². The highest BCUT2D eigenvalue weighted by atomic mass is 79.9. The van der Waals surface area contributed by atoms with Crippen molar-refractivity contribution in [1.29, 1.82) is 0 Å². The van der Waals surface area contributed by atoms with E-state index in [1.165, 1.54) is 6.42 Å². The Morgan fingerprint density at radius 1 is 1.44 bits per heavy atom. The van der Waals surface area contributed by atoms with E-state index in [-0.39, 0.29) is 6.03 Å². The largest absolute Gasteiger partial charge is 0.324 e. The van der Waals surface area contributed by atoms with Crippen molar-refractivity contribution in [3.8, 4) is 0 Å². The minimum absolute atomic E-state index is 0.00966. The van der Waals surface area contributed by atoms with E-state index >= 15 is 0 Å². The van der Waals surface area contributed by atoms with Gasteiger partial charge < -0.3 is 10.2 Å². The van der Waals surface area contributed by atoms with E-state index in [1.54, 1.807) is 0 Å². The van der Waals surface area contributed by atoms with E-state index < -0.39 is 0 Å². The lowest BCUT2D eigenvalue weighted by Gasteiger charge is -2.31. The Balaban J connectivity index is 2.02. The summed E-state index contributed by atoms with van der Waals surface area (Å²) >= 11 is 6.84. The van der Waals surface area contributed by atoms with Gasteiger partial charge in [-0.2, -0.15) is 0 Å². The third kappa shape index (κ3) is 3.48. The molecule has 0 aromatic heterocycles. The van der Waals surface area contributed by atoms with E-state index in [9.17, 15) is 4.79 Å². The predicted molar refractivity (Wildman–Crippen MR) is 80.8 cm³/mol. The molecule has 0 unspecified atom stereocenters. The van der Waals surface area contributed by atoms with Gasteiger partial charge in [0, 0.05) is 22.0 Å². The monoisotopic (exact) mass is 374 g/mol. The van der Waals surface area contributed by atoms with Crippen LogP contribution in [0.15, 0.2) is 27.1 Å². The van der Waals surface area contributed by atoms with Crippen molar-refractivity contribution in [2.24, 2.45) is 5.92 Å². The first-order valence-corrected chi connectivity index (χ1v) is 7.66. The number of rotatable bonds is 1. The Morgan fingerprint density at radius 3 is 2.89 bits per heavy atom. The van der Waals surface area contributed by atoms with Gasteiger partial charge in [0.15, 0.2) is 0 Å². The van der Waals surface area contributed by atoms with Crippen LogP contribution in [-0.4, -0.2) is 24.0 Å². The maximum absolute atomic E-state index is 12.1. The fraction of sp³-hybridized carbons (Fsp3) is 0.462. The Morgan fingerprint density at radius 2 is 2.22 bits per heavy atom. The van der Waals surface area contributed by atoms with Gasteiger partial charge in [0.2, 0.25) is 0 Å². The molecule has 0 bridgehead atoms. The SMILES string of the molecule is C[C@H]1CCCN(C(=O)Nc2ccc(Br)cc2Br)C1. The Labute approximate surface area is 124 Å². The lowest BCUT2D eigenvalue weighted by atomic mass is 10.0. The second kappa shape index (κ2) is 6.06. The molecule has 1 aliphatic rings. The number of urea groups is 1. The molecule has 0 saturated carbocycles. The van der Waals surface area contributed by atoms with E-state index in [4.69, 9.17) is 0 Å².